The maximum absolute atomic E-state index is 12.5. The summed E-state index contributed by atoms with van der Waals surface area (Å²) in [6, 6.07) is 18.3. The molecule has 0 saturated carbocycles. The SMILES string of the molecule is Cc1ccc(Cn2nc(C)c(/C=C/C(=O)OCC(=O)N3CCN(c4ccccc4)CC3)c2Cl)cc1. The zero-order valence-corrected chi connectivity index (χ0v) is 20.7. The quantitative estimate of drug-likeness (QED) is 0.367. The number of esters is 1. The van der Waals surface area contributed by atoms with E-state index in [0.29, 0.717) is 36.0 Å². The minimum Gasteiger partial charge on any atom is -0.452 e. The number of amides is 1. The van der Waals surface area contributed by atoms with Crippen LogP contribution in [0, 0.1) is 13.8 Å². The van der Waals surface area contributed by atoms with Crippen molar-refractivity contribution < 1.29 is 14.3 Å². The lowest BCUT2D eigenvalue weighted by Gasteiger charge is -2.36. The lowest BCUT2D eigenvalue weighted by atomic mass is 10.1. The first-order valence-corrected chi connectivity index (χ1v) is 12.0. The first kappa shape index (κ1) is 24.5. The van der Waals surface area contributed by atoms with E-state index in [4.69, 9.17) is 16.3 Å². The Balaban J connectivity index is 1.27. The van der Waals surface area contributed by atoms with E-state index in [0.717, 1.165) is 24.3 Å². The van der Waals surface area contributed by atoms with Gasteiger partial charge in [-0.2, -0.15) is 5.10 Å². The third-order valence-electron chi connectivity index (χ3n) is 6.04. The Labute approximate surface area is 210 Å². The molecular formula is C27H29ClN4O3. The van der Waals surface area contributed by atoms with Crippen molar-refractivity contribution in [2.75, 3.05) is 37.7 Å². The Kier molecular flexibility index (Phi) is 7.87. The van der Waals surface area contributed by atoms with Crippen LogP contribution in [0.15, 0.2) is 60.7 Å². The van der Waals surface area contributed by atoms with Crippen LogP contribution in [0.4, 0.5) is 5.69 Å². The Hall–Kier alpha value is -3.58. The number of aromatic nitrogens is 2. The summed E-state index contributed by atoms with van der Waals surface area (Å²) in [6.07, 6.45) is 2.87. The average Bonchev–Trinajstić information content (AvgIpc) is 3.15. The maximum Gasteiger partial charge on any atom is 0.331 e. The lowest BCUT2D eigenvalue weighted by molar-refractivity contribution is -0.148. The van der Waals surface area contributed by atoms with Crippen molar-refractivity contribution in [1.29, 1.82) is 0 Å². The summed E-state index contributed by atoms with van der Waals surface area (Å²) in [7, 11) is 0. The van der Waals surface area contributed by atoms with Gasteiger partial charge in [-0.1, -0.05) is 59.6 Å². The summed E-state index contributed by atoms with van der Waals surface area (Å²) in [5.41, 5.74) is 4.77. The van der Waals surface area contributed by atoms with Crippen LogP contribution in [0.25, 0.3) is 6.08 Å². The number of piperazine rings is 1. The van der Waals surface area contributed by atoms with Crippen molar-refractivity contribution in [3.8, 4) is 0 Å². The molecule has 0 unspecified atom stereocenters. The van der Waals surface area contributed by atoms with Gasteiger partial charge >= 0.3 is 5.97 Å². The monoisotopic (exact) mass is 492 g/mol. The van der Waals surface area contributed by atoms with Gasteiger partial charge < -0.3 is 14.5 Å². The molecule has 0 aliphatic carbocycles. The summed E-state index contributed by atoms with van der Waals surface area (Å²) in [6.45, 7) is 6.80. The molecule has 1 aromatic heterocycles. The minimum atomic E-state index is -0.594. The molecule has 0 spiro atoms. The van der Waals surface area contributed by atoms with Gasteiger partial charge in [0.15, 0.2) is 6.61 Å². The molecule has 2 heterocycles. The molecule has 1 aliphatic heterocycles. The summed E-state index contributed by atoms with van der Waals surface area (Å²) < 4.78 is 6.88. The van der Waals surface area contributed by atoms with E-state index in [-0.39, 0.29) is 12.5 Å². The van der Waals surface area contributed by atoms with Crippen molar-refractivity contribution in [3.63, 3.8) is 0 Å². The van der Waals surface area contributed by atoms with E-state index in [1.807, 2.05) is 56.3 Å². The largest absolute Gasteiger partial charge is 0.452 e. The molecule has 0 atom stereocenters. The minimum absolute atomic E-state index is 0.195. The van der Waals surface area contributed by atoms with E-state index in [2.05, 4.69) is 22.1 Å². The van der Waals surface area contributed by atoms with E-state index in [1.54, 1.807) is 15.7 Å². The van der Waals surface area contributed by atoms with Crippen molar-refractivity contribution in [1.82, 2.24) is 14.7 Å². The highest BCUT2D eigenvalue weighted by molar-refractivity contribution is 6.31. The molecule has 0 radical (unpaired) electrons. The summed E-state index contributed by atoms with van der Waals surface area (Å²) >= 11 is 6.51. The third kappa shape index (κ3) is 6.31. The number of rotatable bonds is 7. The number of carbonyl (C=O) groups is 2. The zero-order chi connectivity index (χ0) is 24.8. The van der Waals surface area contributed by atoms with Gasteiger partial charge in [0.1, 0.15) is 5.15 Å². The molecule has 8 heteroatoms. The van der Waals surface area contributed by atoms with Gasteiger partial charge in [-0.15, -0.1) is 0 Å². The van der Waals surface area contributed by atoms with Crippen LogP contribution in [-0.2, 0) is 20.9 Å². The summed E-state index contributed by atoms with van der Waals surface area (Å²) in [5.74, 6) is -0.789. The smallest absolute Gasteiger partial charge is 0.331 e. The van der Waals surface area contributed by atoms with E-state index in [9.17, 15) is 9.59 Å². The molecular weight excluding hydrogens is 464 g/mol. The predicted molar refractivity (Wildman–Crippen MR) is 137 cm³/mol. The first-order valence-electron chi connectivity index (χ1n) is 11.6. The normalized spacial score (nSPS) is 13.9. The van der Waals surface area contributed by atoms with Crippen molar-refractivity contribution in [2.24, 2.45) is 0 Å². The van der Waals surface area contributed by atoms with Gasteiger partial charge in [0.05, 0.1) is 12.2 Å². The number of aryl methyl sites for hydroxylation is 2. The fourth-order valence-corrected chi connectivity index (χ4v) is 4.30. The van der Waals surface area contributed by atoms with Crippen LogP contribution < -0.4 is 4.90 Å². The molecule has 1 fully saturated rings. The number of hydrogen-bond acceptors (Lipinski definition) is 5. The van der Waals surface area contributed by atoms with Crippen LogP contribution in [0.1, 0.15) is 22.4 Å². The van der Waals surface area contributed by atoms with Crippen molar-refractivity contribution in [2.45, 2.75) is 20.4 Å². The highest BCUT2D eigenvalue weighted by Crippen LogP contribution is 2.22. The van der Waals surface area contributed by atoms with Crippen LogP contribution in [0.3, 0.4) is 0 Å². The topological polar surface area (TPSA) is 67.7 Å². The summed E-state index contributed by atoms with van der Waals surface area (Å²) in [4.78, 5) is 28.7. The molecule has 7 nitrogen and oxygen atoms in total. The van der Waals surface area contributed by atoms with Crippen molar-refractivity contribution in [3.05, 3.63) is 88.2 Å². The molecule has 4 rings (SSSR count). The number of para-hydroxylation sites is 1. The number of benzene rings is 2. The summed E-state index contributed by atoms with van der Waals surface area (Å²) in [5, 5.41) is 4.93. The number of carbonyl (C=O) groups excluding carboxylic acids is 2. The lowest BCUT2D eigenvalue weighted by Crippen LogP contribution is -2.49. The van der Waals surface area contributed by atoms with Gasteiger partial charge in [-0.05, 0) is 37.6 Å². The Morgan fingerprint density at radius 2 is 1.69 bits per heavy atom. The molecule has 0 N–H and O–H groups in total. The van der Waals surface area contributed by atoms with E-state index < -0.39 is 5.97 Å². The molecule has 35 heavy (non-hydrogen) atoms. The number of nitrogens with zero attached hydrogens (tertiary/aromatic N) is 4. The fraction of sp³-hybridized carbons (Fsp3) is 0.296. The van der Waals surface area contributed by atoms with Gasteiger partial charge in [-0.3, -0.25) is 4.79 Å². The zero-order valence-electron chi connectivity index (χ0n) is 20.0. The van der Waals surface area contributed by atoms with Crippen LogP contribution >= 0.6 is 11.6 Å². The molecule has 1 aliphatic rings. The third-order valence-corrected chi connectivity index (χ3v) is 6.44. The molecule has 1 amide bonds. The van der Waals surface area contributed by atoms with Gasteiger partial charge in [-0.25, -0.2) is 9.48 Å². The van der Waals surface area contributed by atoms with Gasteiger partial charge in [0.25, 0.3) is 5.91 Å². The van der Waals surface area contributed by atoms with Crippen LogP contribution in [-0.4, -0.2) is 59.3 Å². The molecule has 3 aromatic rings. The Bertz CT molecular complexity index is 1200. The second-order valence-electron chi connectivity index (χ2n) is 8.58. The number of hydrogen-bond donors (Lipinski definition) is 0. The second-order valence-corrected chi connectivity index (χ2v) is 8.94. The van der Waals surface area contributed by atoms with Gasteiger partial charge in [0, 0.05) is 43.5 Å². The number of halogens is 1. The molecule has 2 aromatic carbocycles. The molecule has 182 valence electrons. The number of anilines is 1. The molecule has 0 bridgehead atoms. The second kappa shape index (κ2) is 11.2. The first-order chi connectivity index (χ1) is 16.9. The van der Waals surface area contributed by atoms with Crippen molar-refractivity contribution >= 4 is 35.2 Å². The number of ether oxygens (including phenoxy) is 1. The molecule has 1 saturated heterocycles. The average molecular weight is 493 g/mol. The standard InChI is InChI=1S/C27H29ClN4O3/c1-20-8-10-22(11-9-20)18-32-27(28)24(21(2)29-32)12-13-26(34)35-19-25(33)31-16-14-30(15-17-31)23-6-4-3-5-7-23/h3-13H,14-19H2,1-2H3/b13-12+. The Morgan fingerprint density at radius 1 is 1.00 bits per heavy atom. The predicted octanol–water partition coefficient (Wildman–Crippen LogP) is 4.11. The highest BCUT2D eigenvalue weighted by atomic mass is 35.5. The highest BCUT2D eigenvalue weighted by Gasteiger charge is 2.22. The van der Waals surface area contributed by atoms with E-state index >= 15 is 0 Å². The van der Waals surface area contributed by atoms with E-state index in [1.165, 1.54) is 11.6 Å². The van der Waals surface area contributed by atoms with Gasteiger partial charge in [0.2, 0.25) is 0 Å². The maximum atomic E-state index is 12.5. The van der Waals surface area contributed by atoms with Crippen LogP contribution in [0.2, 0.25) is 5.15 Å². The Morgan fingerprint density at radius 3 is 2.37 bits per heavy atom. The van der Waals surface area contributed by atoms with Crippen LogP contribution in [0.5, 0.6) is 0 Å². The fourth-order valence-electron chi connectivity index (χ4n) is 4.00.